The van der Waals surface area contributed by atoms with Crippen molar-refractivity contribution in [3.8, 4) is 0 Å². The van der Waals surface area contributed by atoms with Crippen molar-refractivity contribution in [1.82, 2.24) is 10.2 Å². The number of alkyl halides is 4. The third-order valence-electron chi connectivity index (χ3n) is 3.79. The monoisotopic (exact) mass is 426 g/mol. The first kappa shape index (κ1) is 19.1. The molecule has 0 saturated carbocycles. The lowest BCUT2D eigenvalue weighted by Gasteiger charge is -2.23. The lowest BCUT2D eigenvalue weighted by Crippen LogP contribution is -2.45. The van der Waals surface area contributed by atoms with Crippen molar-refractivity contribution in [2.45, 2.75) is 31.6 Å². The van der Waals surface area contributed by atoms with Gasteiger partial charge in [0.25, 0.3) is 0 Å². The Labute approximate surface area is 150 Å². The average molecular weight is 428 g/mol. The summed E-state index contributed by atoms with van der Waals surface area (Å²) >= 11 is 9.02. The van der Waals surface area contributed by atoms with Crippen LogP contribution in [0.4, 0.5) is 13.2 Å². The van der Waals surface area contributed by atoms with E-state index in [1.807, 2.05) is 0 Å². The van der Waals surface area contributed by atoms with Gasteiger partial charge in [-0.2, -0.15) is 13.2 Å². The lowest BCUT2D eigenvalue weighted by atomic mass is 10.1. The van der Waals surface area contributed by atoms with Crippen LogP contribution in [0.1, 0.15) is 24.0 Å². The van der Waals surface area contributed by atoms with Crippen LogP contribution >= 0.6 is 27.5 Å². The van der Waals surface area contributed by atoms with Gasteiger partial charge in [0.2, 0.25) is 11.8 Å². The third-order valence-corrected chi connectivity index (χ3v) is 4.59. The predicted molar refractivity (Wildman–Crippen MR) is 86.8 cm³/mol. The Bertz CT molecular complexity index is 640. The molecule has 1 fully saturated rings. The van der Waals surface area contributed by atoms with Gasteiger partial charge in [-0.3, -0.25) is 9.59 Å². The molecule has 1 aromatic rings. The summed E-state index contributed by atoms with van der Waals surface area (Å²) in [6.45, 7) is 0.273. The van der Waals surface area contributed by atoms with E-state index >= 15 is 0 Å². The smallest absolute Gasteiger partial charge is 0.350 e. The van der Waals surface area contributed by atoms with Crippen LogP contribution in [0.25, 0.3) is 0 Å². The molecule has 2 rings (SSSR count). The number of benzene rings is 1. The molecule has 0 radical (unpaired) electrons. The van der Waals surface area contributed by atoms with Crippen LogP contribution in [0.5, 0.6) is 0 Å². The zero-order chi connectivity index (χ0) is 17.9. The normalized spacial score (nSPS) is 18.1. The Kier molecular flexibility index (Phi) is 6.14. The van der Waals surface area contributed by atoms with Gasteiger partial charge < -0.3 is 10.2 Å². The maximum atomic E-state index is 12.8. The molecular formula is C15H15BrClF3N2O2. The summed E-state index contributed by atoms with van der Waals surface area (Å²) in [7, 11) is 0. The number of nitrogens with zero attached hydrogens (tertiary/aromatic N) is 1. The highest BCUT2D eigenvalue weighted by atomic mass is 79.9. The van der Waals surface area contributed by atoms with Crippen molar-refractivity contribution < 1.29 is 22.8 Å². The second-order valence-corrected chi connectivity index (χ2v) is 6.50. The molecule has 9 heteroatoms. The number of rotatable bonds is 5. The first-order valence-electron chi connectivity index (χ1n) is 7.23. The Morgan fingerprint density at radius 1 is 1.42 bits per heavy atom. The Balaban J connectivity index is 2.06. The van der Waals surface area contributed by atoms with Crippen LogP contribution in [0.15, 0.2) is 18.2 Å². The minimum Gasteiger partial charge on any atom is -0.350 e. The zero-order valence-corrected chi connectivity index (χ0v) is 14.8. The zero-order valence-electron chi connectivity index (χ0n) is 12.5. The summed E-state index contributed by atoms with van der Waals surface area (Å²) in [6.07, 6.45) is -3.87. The van der Waals surface area contributed by atoms with E-state index in [1.165, 1.54) is 17.0 Å². The third kappa shape index (κ3) is 4.22. The number of likely N-dealkylation sites (tertiary alicyclic amines) is 1. The highest BCUT2D eigenvalue weighted by Crippen LogP contribution is 2.36. The molecule has 1 aromatic carbocycles. The van der Waals surface area contributed by atoms with Crippen molar-refractivity contribution in [1.29, 1.82) is 0 Å². The van der Waals surface area contributed by atoms with Gasteiger partial charge in [-0.15, -0.1) is 0 Å². The van der Waals surface area contributed by atoms with Crippen molar-refractivity contribution in [2.24, 2.45) is 0 Å². The van der Waals surface area contributed by atoms with Crippen LogP contribution in [-0.4, -0.2) is 34.6 Å². The average Bonchev–Trinajstić information content (AvgIpc) is 2.86. The first-order valence-corrected chi connectivity index (χ1v) is 8.73. The summed E-state index contributed by atoms with van der Waals surface area (Å²) in [5, 5.41) is 2.69. The van der Waals surface area contributed by atoms with E-state index in [2.05, 4.69) is 21.2 Å². The number of carbonyl (C=O) groups is 2. The van der Waals surface area contributed by atoms with Gasteiger partial charge in [-0.1, -0.05) is 39.7 Å². The molecule has 24 heavy (non-hydrogen) atoms. The molecule has 1 aliphatic heterocycles. The number of amides is 2. The van der Waals surface area contributed by atoms with Crippen LogP contribution in [0.2, 0.25) is 5.02 Å². The molecule has 1 atom stereocenters. The summed E-state index contributed by atoms with van der Waals surface area (Å²) in [6, 6.07) is 2.96. The summed E-state index contributed by atoms with van der Waals surface area (Å²) < 4.78 is 38.5. The molecule has 1 saturated heterocycles. The maximum Gasteiger partial charge on any atom is 0.417 e. The molecular weight excluding hydrogens is 413 g/mol. The van der Waals surface area contributed by atoms with Crippen molar-refractivity contribution in [3.63, 3.8) is 0 Å². The molecule has 0 spiro atoms. The Morgan fingerprint density at radius 3 is 2.75 bits per heavy atom. The topological polar surface area (TPSA) is 49.4 Å². The fourth-order valence-corrected chi connectivity index (χ4v) is 3.30. The van der Waals surface area contributed by atoms with E-state index in [1.54, 1.807) is 0 Å². The molecule has 0 aromatic heterocycles. The highest BCUT2D eigenvalue weighted by Gasteiger charge is 2.36. The van der Waals surface area contributed by atoms with Crippen LogP contribution < -0.4 is 5.32 Å². The molecule has 1 heterocycles. The summed E-state index contributed by atoms with van der Waals surface area (Å²) in [4.78, 5) is 25.5. The molecule has 0 aliphatic carbocycles. The van der Waals surface area contributed by atoms with Crippen LogP contribution in [-0.2, 0) is 22.3 Å². The van der Waals surface area contributed by atoms with E-state index in [0.717, 1.165) is 6.07 Å². The molecule has 4 nitrogen and oxygen atoms in total. The van der Waals surface area contributed by atoms with Gasteiger partial charge in [0.05, 0.1) is 10.6 Å². The van der Waals surface area contributed by atoms with E-state index in [0.29, 0.717) is 18.3 Å². The fourth-order valence-electron chi connectivity index (χ4n) is 2.61. The molecule has 1 N–H and O–H groups in total. The molecule has 0 bridgehead atoms. The number of halogens is 5. The van der Waals surface area contributed by atoms with Gasteiger partial charge in [0, 0.05) is 24.8 Å². The summed E-state index contributed by atoms with van der Waals surface area (Å²) in [5.41, 5.74) is -0.760. The minimum atomic E-state index is -4.55. The number of carbonyl (C=O) groups excluding carboxylic acids is 2. The maximum absolute atomic E-state index is 12.8. The Hall–Kier alpha value is -1.28. The number of hydrogen-bond donors (Lipinski definition) is 1. The van der Waals surface area contributed by atoms with Gasteiger partial charge in [0.15, 0.2) is 0 Å². The quantitative estimate of drug-likeness (QED) is 0.733. The van der Waals surface area contributed by atoms with Gasteiger partial charge in [-0.25, -0.2) is 0 Å². The minimum absolute atomic E-state index is 0.105. The SMILES string of the molecule is O=C(NCc1cccc(C(F)(F)F)c1Cl)[C@@H]1CCC(=O)N1CCBr. The van der Waals surface area contributed by atoms with E-state index in [9.17, 15) is 22.8 Å². The van der Waals surface area contributed by atoms with Crippen LogP contribution in [0, 0.1) is 0 Å². The fraction of sp³-hybridized carbons (Fsp3) is 0.467. The van der Waals surface area contributed by atoms with Gasteiger partial charge in [0.1, 0.15) is 6.04 Å². The standard InChI is InChI=1S/C15H15BrClF3N2O2/c16-6-7-22-11(4-5-12(22)23)14(24)21-8-9-2-1-3-10(13(9)17)15(18,19)20/h1-3,11H,4-8H2,(H,21,24)/t11-/m0/s1. The lowest BCUT2D eigenvalue weighted by molar-refractivity contribution is -0.137. The second kappa shape index (κ2) is 7.74. The van der Waals surface area contributed by atoms with Gasteiger partial charge >= 0.3 is 6.18 Å². The molecule has 1 aliphatic rings. The van der Waals surface area contributed by atoms with Crippen molar-refractivity contribution in [2.75, 3.05) is 11.9 Å². The summed E-state index contributed by atoms with van der Waals surface area (Å²) in [5.74, 6) is -0.498. The first-order chi connectivity index (χ1) is 11.3. The second-order valence-electron chi connectivity index (χ2n) is 5.32. The van der Waals surface area contributed by atoms with Crippen LogP contribution in [0.3, 0.4) is 0 Å². The Morgan fingerprint density at radius 2 is 2.12 bits per heavy atom. The van der Waals surface area contributed by atoms with Crippen molar-refractivity contribution in [3.05, 3.63) is 34.3 Å². The molecule has 0 unspecified atom stereocenters. The van der Waals surface area contributed by atoms with E-state index in [4.69, 9.17) is 11.6 Å². The van der Waals surface area contributed by atoms with Crippen molar-refractivity contribution >= 4 is 39.3 Å². The number of hydrogen-bond acceptors (Lipinski definition) is 2. The van der Waals surface area contributed by atoms with E-state index < -0.39 is 28.7 Å². The molecule has 2 amide bonds. The highest BCUT2D eigenvalue weighted by molar-refractivity contribution is 9.09. The predicted octanol–water partition coefficient (Wildman–Crippen LogP) is 3.36. The number of nitrogens with one attached hydrogen (secondary N) is 1. The van der Waals surface area contributed by atoms with E-state index in [-0.39, 0.29) is 24.4 Å². The molecule has 132 valence electrons. The van der Waals surface area contributed by atoms with Gasteiger partial charge in [-0.05, 0) is 18.1 Å². The largest absolute Gasteiger partial charge is 0.417 e.